The van der Waals surface area contributed by atoms with E-state index in [4.69, 9.17) is 5.73 Å². The number of amides is 1. The lowest BCUT2D eigenvalue weighted by molar-refractivity contribution is -0.123. The zero-order valence-corrected chi connectivity index (χ0v) is 10.3. The van der Waals surface area contributed by atoms with Gasteiger partial charge in [0.15, 0.2) is 0 Å². The molecule has 0 saturated carbocycles. The van der Waals surface area contributed by atoms with Crippen LogP contribution in [0.25, 0.3) is 0 Å². The Kier molecular flexibility index (Phi) is 3.82. The summed E-state index contributed by atoms with van der Waals surface area (Å²) < 4.78 is 0.756. The van der Waals surface area contributed by atoms with E-state index in [-0.39, 0.29) is 5.91 Å². The van der Waals surface area contributed by atoms with E-state index in [9.17, 15) is 4.79 Å². The van der Waals surface area contributed by atoms with Crippen molar-refractivity contribution in [3.05, 3.63) is 22.8 Å². The first-order valence-electron chi connectivity index (χ1n) is 4.59. The van der Waals surface area contributed by atoms with Gasteiger partial charge >= 0.3 is 0 Å². The highest BCUT2D eigenvalue weighted by Crippen LogP contribution is 2.21. The number of anilines is 1. The summed E-state index contributed by atoms with van der Waals surface area (Å²) in [6.07, 6.45) is 1.62. The van der Waals surface area contributed by atoms with Gasteiger partial charge in [-0.2, -0.15) is 0 Å². The lowest BCUT2D eigenvalue weighted by Crippen LogP contribution is -2.37. The summed E-state index contributed by atoms with van der Waals surface area (Å²) in [4.78, 5) is 15.8. The number of nitrogens with zero attached hydrogens (tertiary/aromatic N) is 1. The van der Waals surface area contributed by atoms with Crippen LogP contribution in [0.3, 0.4) is 0 Å². The first-order chi connectivity index (χ1) is 6.97. The van der Waals surface area contributed by atoms with E-state index in [0.29, 0.717) is 12.4 Å². The fourth-order valence-corrected chi connectivity index (χ4v) is 1.20. The van der Waals surface area contributed by atoms with Gasteiger partial charge in [-0.25, -0.2) is 4.98 Å². The van der Waals surface area contributed by atoms with Crippen molar-refractivity contribution in [2.45, 2.75) is 13.8 Å². The molecule has 1 aromatic rings. The van der Waals surface area contributed by atoms with Crippen LogP contribution in [-0.4, -0.2) is 17.4 Å². The van der Waals surface area contributed by atoms with Gasteiger partial charge in [-0.1, -0.05) is 0 Å². The van der Waals surface area contributed by atoms with Crippen molar-refractivity contribution in [3.63, 3.8) is 0 Å². The smallest absolute Gasteiger partial charge is 0.232 e. The molecule has 0 aliphatic rings. The van der Waals surface area contributed by atoms with Crippen LogP contribution in [-0.2, 0) is 4.79 Å². The average Bonchev–Trinajstić information content (AvgIpc) is 2.21. The van der Waals surface area contributed by atoms with Gasteiger partial charge in [-0.3, -0.25) is 4.79 Å². The summed E-state index contributed by atoms with van der Waals surface area (Å²) in [5.74, 6) is 0.383. The second kappa shape index (κ2) is 4.72. The molecule has 1 rings (SSSR count). The molecule has 0 atom stereocenters. The van der Waals surface area contributed by atoms with Crippen LogP contribution in [0.2, 0.25) is 0 Å². The van der Waals surface area contributed by atoms with Gasteiger partial charge in [0.1, 0.15) is 5.82 Å². The molecule has 0 fully saturated rings. The summed E-state index contributed by atoms with van der Waals surface area (Å²) >= 11 is 3.30. The second-order valence-electron chi connectivity index (χ2n) is 3.88. The Morgan fingerprint density at radius 2 is 2.33 bits per heavy atom. The molecule has 0 spiro atoms. The van der Waals surface area contributed by atoms with E-state index in [1.807, 2.05) is 6.07 Å². The summed E-state index contributed by atoms with van der Waals surface area (Å²) in [5.41, 5.74) is 4.92. The monoisotopic (exact) mass is 271 g/mol. The van der Waals surface area contributed by atoms with Crippen molar-refractivity contribution in [2.75, 3.05) is 11.9 Å². The van der Waals surface area contributed by atoms with Crippen LogP contribution in [0.15, 0.2) is 22.8 Å². The highest BCUT2D eigenvalue weighted by molar-refractivity contribution is 9.10. The molecule has 0 bridgehead atoms. The minimum Gasteiger partial charge on any atom is -0.329 e. The van der Waals surface area contributed by atoms with Gasteiger partial charge in [0.05, 0.1) is 9.89 Å². The van der Waals surface area contributed by atoms with Crippen molar-refractivity contribution in [2.24, 2.45) is 11.1 Å². The minimum absolute atomic E-state index is 0.135. The maximum atomic E-state index is 11.8. The van der Waals surface area contributed by atoms with Crippen molar-refractivity contribution < 1.29 is 4.79 Å². The Morgan fingerprint density at radius 1 is 1.67 bits per heavy atom. The Labute approximate surface area is 97.4 Å². The summed E-state index contributed by atoms with van der Waals surface area (Å²) in [5, 5.41) is 2.72. The highest BCUT2D eigenvalue weighted by atomic mass is 79.9. The minimum atomic E-state index is -0.586. The maximum Gasteiger partial charge on any atom is 0.232 e. The molecule has 0 aromatic carbocycles. The number of rotatable bonds is 3. The number of nitrogens with two attached hydrogens (primary N) is 1. The predicted octanol–water partition coefficient (Wildman–Crippen LogP) is 1.77. The Balaban J connectivity index is 2.80. The third-order valence-electron chi connectivity index (χ3n) is 2.12. The number of aromatic nitrogens is 1. The lowest BCUT2D eigenvalue weighted by Gasteiger charge is -2.21. The molecule has 1 aromatic heterocycles. The molecule has 82 valence electrons. The molecule has 0 unspecified atom stereocenters. The summed E-state index contributed by atoms with van der Waals surface area (Å²) in [6.45, 7) is 3.88. The molecule has 4 nitrogen and oxygen atoms in total. The fraction of sp³-hybridized carbons (Fsp3) is 0.400. The molecule has 5 heteroatoms. The molecule has 3 N–H and O–H groups in total. The van der Waals surface area contributed by atoms with Gasteiger partial charge in [-0.15, -0.1) is 0 Å². The van der Waals surface area contributed by atoms with E-state index in [2.05, 4.69) is 26.2 Å². The van der Waals surface area contributed by atoms with Gasteiger partial charge in [0, 0.05) is 12.7 Å². The van der Waals surface area contributed by atoms with Crippen LogP contribution < -0.4 is 11.1 Å². The number of carbonyl (C=O) groups is 1. The zero-order chi connectivity index (χ0) is 11.5. The highest BCUT2D eigenvalue weighted by Gasteiger charge is 2.26. The van der Waals surface area contributed by atoms with Gasteiger partial charge in [0.2, 0.25) is 5.91 Å². The van der Waals surface area contributed by atoms with Gasteiger partial charge < -0.3 is 11.1 Å². The topological polar surface area (TPSA) is 68.0 Å². The number of nitrogens with one attached hydrogen (secondary N) is 1. The van der Waals surface area contributed by atoms with Crippen LogP contribution in [0.4, 0.5) is 5.82 Å². The molecule has 1 heterocycles. The number of carbonyl (C=O) groups excluding carboxylic acids is 1. The Hall–Kier alpha value is -0.940. The molecule has 1 amide bonds. The number of hydrogen-bond donors (Lipinski definition) is 2. The number of halogens is 1. The third-order valence-corrected chi connectivity index (χ3v) is 2.76. The first kappa shape index (κ1) is 12.1. The van der Waals surface area contributed by atoms with E-state index < -0.39 is 5.41 Å². The second-order valence-corrected chi connectivity index (χ2v) is 4.73. The average molecular weight is 272 g/mol. The van der Waals surface area contributed by atoms with Crippen molar-refractivity contribution in [1.82, 2.24) is 4.98 Å². The van der Waals surface area contributed by atoms with Gasteiger partial charge in [-0.05, 0) is 41.9 Å². The molecule has 0 aliphatic heterocycles. The third kappa shape index (κ3) is 3.00. The predicted molar refractivity (Wildman–Crippen MR) is 63.4 cm³/mol. The van der Waals surface area contributed by atoms with Crippen LogP contribution >= 0.6 is 15.9 Å². The number of pyridine rings is 1. The van der Waals surface area contributed by atoms with E-state index >= 15 is 0 Å². The molecular weight excluding hydrogens is 258 g/mol. The first-order valence-corrected chi connectivity index (χ1v) is 5.39. The Morgan fingerprint density at radius 3 is 2.87 bits per heavy atom. The SMILES string of the molecule is CC(C)(CN)C(=O)Nc1ncccc1Br. The quantitative estimate of drug-likeness (QED) is 0.881. The largest absolute Gasteiger partial charge is 0.329 e. The Bertz CT molecular complexity index is 365. The zero-order valence-electron chi connectivity index (χ0n) is 8.75. The molecule has 0 radical (unpaired) electrons. The van der Waals surface area contributed by atoms with Crippen LogP contribution in [0, 0.1) is 5.41 Å². The normalized spacial score (nSPS) is 11.2. The van der Waals surface area contributed by atoms with E-state index in [0.717, 1.165) is 4.47 Å². The van der Waals surface area contributed by atoms with Crippen LogP contribution in [0.5, 0.6) is 0 Å². The number of hydrogen-bond acceptors (Lipinski definition) is 3. The molecule has 0 aliphatic carbocycles. The molecular formula is C10H14BrN3O. The standard InChI is InChI=1S/C10H14BrN3O/c1-10(2,6-12)9(15)14-8-7(11)4-3-5-13-8/h3-5H,6,12H2,1-2H3,(H,13,14,15). The fourth-order valence-electron chi connectivity index (χ4n) is 0.847. The summed E-state index contributed by atoms with van der Waals surface area (Å²) in [7, 11) is 0. The van der Waals surface area contributed by atoms with Crippen molar-refractivity contribution in [1.29, 1.82) is 0 Å². The van der Waals surface area contributed by atoms with Gasteiger partial charge in [0.25, 0.3) is 0 Å². The lowest BCUT2D eigenvalue weighted by atomic mass is 9.93. The van der Waals surface area contributed by atoms with Crippen LogP contribution in [0.1, 0.15) is 13.8 Å². The van der Waals surface area contributed by atoms with Crippen molar-refractivity contribution >= 4 is 27.7 Å². The molecule has 0 saturated heterocycles. The molecule has 15 heavy (non-hydrogen) atoms. The van der Waals surface area contributed by atoms with E-state index in [1.54, 1.807) is 26.1 Å². The van der Waals surface area contributed by atoms with Crippen molar-refractivity contribution in [3.8, 4) is 0 Å². The van der Waals surface area contributed by atoms with E-state index in [1.165, 1.54) is 0 Å². The maximum absolute atomic E-state index is 11.8. The summed E-state index contributed by atoms with van der Waals surface area (Å²) in [6, 6.07) is 3.60.